The average Bonchev–Trinajstić information content (AvgIpc) is 2.06. The monoisotopic (exact) mass is 256 g/mol. The van der Waals surface area contributed by atoms with E-state index in [1.165, 1.54) is 0 Å². The molecule has 12 heavy (non-hydrogen) atoms. The minimum absolute atomic E-state index is 0.0845. The molecule has 0 saturated heterocycles. The molecule has 0 aliphatic carbocycles. The highest BCUT2D eigenvalue weighted by molar-refractivity contribution is 9.10. The van der Waals surface area contributed by atoms with E-state index < -0.39 is 9.63 Å². The molecule has 0 fully saturated rings. The third-order valence-corrected chi connectivity index (χ3v) is 3.38. The van der Waals surface area contributed by atoms with Gasteiger partial charge in [0.1, 0.15) is 0 Å². The minimum Gasteiger partial charge on any atom is -0.272 e. The quantitative estimate of drug-likeness (QED) is 0.328. The van der Waals surface area contributed by atoms with Gasteiger partial charge in [0.05, 0.1) is 20.9 Å². The van der Waals surface area contributed by atoms with Crippen LogP contribution in [0.15, 0.2) is 4.99 Å². The van der Waals surface area contributed by atoms with Crippen LogP contribution < -0.4 is 0 Å². The summed E-state index contributed by atoms with van der Waals surface area (Å²) in [4.78, 5) is 12.9. The van der Waals surface area contributed by atoms with Crippen LogP contribution in [0.4, 0.5) is 4.39 Å². The number of aliphatic imine (C=N–C) groups is 1. The zero-order chi connectivity index (χ0) is 9.19. The summed E-state index contributed by atoms with van der Waals surface area (Å²) in [5.74, 6) is 0.684. The van der Waals surface area contributed by atoms with Crippen LogP contribution in [-0.2, 0) is 0 Å². The standard InChI is InChI=1S/C5H6BrFN2O2S/c6-5(7,9(10)11)4-8-2-1-3-12-4/h1-3H2. The number of rotatable bonds is 2. The number of halogens is 2. The number of hydrogen-bond donors (Lipinski definition) is 0. The zero-order valence-electron chi connectivity index (χ0n) is 6.00. The number of alkyl halides is 2. The third-order valence-electron chi connectivity index (χ3n) is 1.28. The summed E-state index contributed by atoms with van der Waals surface area (Å²) >= 11 is 3.48. The molecule has 0 spiro atoms. The molecule has 1 aliphatic heterocycles. The molecular weight excluding hydrogens is 251 g/mol. The van der Waals surface area contributed by atoms with Crippen LogP contribution in [0.25, 0.3) is 0 Å². The van der Waals surface area contributed by atoms with Crippen LogP contribution in [0.1, 0.15) is 6.42 Å². The SMILES string of the molecule is O=[N+]([O-])C(F)(Br)C1=NCCCS1. The lowest BCUT2D eigenvalue weighted by atomic mass is 10.5. The zero-order valence-corrected chi connectivity index (χ0v) is 8.40. The predicted molar refractivity (Wildman–Crippen MR) is 49.1 cm³/mol. The molecule has 0 radical (unpaired) electrons. The van der Waals surface area contributed by atoms with E-state index in [1.54, 1.807) is 0 Å². The van der Waals surface area contributed by atoms with Gasteiger partial charge in [-0.25, -0.2) is 0 Å². The molecule has 1 atom stereocenters. The van der Waals surface area contributed by atoms with Crippen molar-refractivity contribution in [3.05, 3.63) is 10.1 Å². The van der Waals surface area contributed by atoms with Gasteiger partial charge in [-0.05, 0) is 6.42 Å². The second-order valence-corrected chi connectivity index (χ2v) is 4.32. The molecule has 0 bridgehead atoms. The maximum Gasteiger partial charge on any atom is 0.461 e. The Balaban J connectivity index is 2.79. The molecule has 1 heterocycles. The Hall–Kier alpha value is -0.170. The minimum atomic E-state index is -2.68. The molecule has 0 aromatic carbocycles. The van der Waals surface area contributed by atoms with E-state index in [4.69, 9.17) is 0 Å². The van der Waals surface area contributed by atoms with E-state index in [-0.39, 0.29) is 5.04 Å². The van der Waals surface area contributed by atoms with Gasteiger partial charge in [0.25, 0.3) is 0 Å². The summed E-state index contributed by atoms with van der Waals surface area (Å²) in [7, 11) is 0. The summed E-state index contributed by atoms with van der Waals surface area (Å²) in [6, 6.07) is 0. The smallest absolute Gasteiger partial charge is 0.272 e. The van der Waals surface area contributed by atoms with Crippen molar-refractivity contribution in [2.45, 2.75) is 11.1 Å². The van der Waals surface area contributed by atoms with Crippen molar-refractivity contribution < 1.29 is 9.31 Å². The summed E-state index contributed by atoms with van der Waals surface area (Å²) in [5.41, 5.74) is 0. The summed E-state index contributed by atoms with van der Waals surface area (Å²) in [6.07, 6.45) is 0.842. The normalized spacial score (nSPS) is 22.7. The molecule has 0 amide bonds. The molecule has 4 nitrogen and oxygen atoms in total. The Labute approximate surface area is 80.9 Å². The second kappa shape index (κ2) is 3.69. The largest absolute Gasteiger partial charge is 0.461 e. The second-order valence-electron chi connectivity index (χ2n) is 2.19. The lowest BCUT2D eigenvalue weighted by molar-refractivity contribution is -0.544. The Kier molecular flexibility index (Phi) is 3.05. The number of thioether (sulfide) groups is 1. The maximum atomic E-state index is 13.2. The van der Waals surface area contributed by atoms with Gasteiger partial charge in [0, 0.05) is 12.3 Å². The highest BCUT2D eigenvalue weighted by Gasteiger charge is 2.47. The van der Waals surface area contributed by atoms with Crippen molar-refractivity contribution in [2.24, 2.45) is 4.99 Å². The van der Waals surface area contributed by atoms with Gasteiger partial charge in [-0.1, -0.05) is 11.8 Å². The Morgan fingerprint density at radius 2 is 2.50 bits per heavy atom. The number of hydrogen-bond acceptors (Lipinski definition) is 4. The van der Waals surface area contributed by atoms with Crippen molar-refractivity contribution in [3.8, 4) is 0 Å². The lowest BCUT2D eigenvalue weighted by Gasteiger charge is -2.14. The van der Waals surface area contributed by atoms with Crippen molar-refractivity contribution in [3.63, 3.8) is 0 Å². The van der Waals surface area contributed by atoms with E-state index in [2.05, 4.69) is 20.9 Å². The first kappa shape index (κ1) is 9.91. The molecule has 0 aromatic heterocycles. The average molecular weight is 257 g/mol. The van der Waals surface area contributed by atoms with Gasteiger partial charge in [-0.3, -0.25) is 15.1 Å². The van der Waals surface area contributed by atoms with Gasteiger partial charge in [-0.2, -0.15) is 0 Å². The van der Waals surface area contributed by atoms with Crippen LogP contribution in [0, 0.1) is 10.1 Å². The fourth-order valence-electron chi connectivity index (χ4n) is 0.720. The van der Waals surface area contributed by atoms with Gasteiger partial charge in [-0.15, -0.1) is 4.39 Å². The third kappa shape index (κ3) is 1.95. The van der Waals surface area contributed by atoms with Crippen molar-refractivity contribution in [1.82, 2.24) is 0 Å². The molecule has 0 saturated carbocycles. The number of nitro groups is 1. The Morgan fingerprint density at radius 3 is 2.92 bits per heavy atom. The molecule has 1 rings (SSSR count). The first-order valence-electron chi connectivity index (χ1n) is 3.25. The van der Waals surface area contributed by atoms with E-state index in [1.807, 2.05) is 0 Å². The predicted octanol–water partition coefficient (Wildman–Crippen LogP) is 1.82. The van der Waals surface area contributed by atoms with Crippen LogP contribution in [0.5, 0.6) is 0 Å². The van der Waals surface area contributed by atoms with Crippen molar-refractivity contribution in [1.29, 1.82) is 0 Å². The van der Waals surface area contributed by atoms with Gasteiger partial charge in [0.2, 0.25) is 0 Å². The van der Waals surface area contributed by atoms with E-state index in [0.29, 0.717) is 12.3 Å². The van der Waals surface area contributed by atoms with Crippen LogP contribution in [0.3, 0.4) is 0 Å². The summed E-state index contributed by atoms with van der Waals surface area (Å²) in [6.45, 7) is 0.466. The molecule has 1 aliphatic rings. The Bertz CT molecular complexity index is 233. The van der Waals surface area contributed by atoms with Gasteiger partial charge in [0.15, 0.2) is 5.04 Å². The van der Waals surface area contributed by atoms with Crippen LogP contribution in [0.2, 0.25) is 0 Å². The van der Waals surface area contributed by atoms with Crippen molar-refractivity contribution >= 4 is 32.7 Å². The molecule has 68 valence electrons. The van der Waals surface area contributed by atoms with E-state index in [0.717, 1.165) is 18.2 Å². The van der Waals surface area contributed by atoms with E-state index in [9.17, 15) is 14.5 Å². The summed E-state index contributed by atoms with van der Waals surface area (Å²) < 4.78 is 10.5. The summed E-state index contributed by atoms with van der Waals surface area (Å²) in [5, 5.41) is 10.1. The highest BCUT2D eigenvalue weighted by Crippen LogP contribution is 2.31. The molecule has 0 N–H and O–H groups in total. The molecule has 7 heteroatoms. The Morgan fingerprint density at radius 1 is 1.83 bits per heavy atom. The molecule has 0 aromatic rings. The first-order chi connectivity index (χ1) is 5.55. The lowest BCUT2D eigenvalue weighted by Crippen LogP contribution is -2.35. The number of nitrogens with zero attached hydrogens (tertiary/aromatic N) is 2. The molecule has 1 unspecified atom stereocenters. The van der Waals surface area contributed by atoms with Gasteiger partial charge < -0.3 is 0 Å². The van der Waals surface area contributed by atoms with Crippen LogP contribution in [-0.4, -0.2) is 27.0 Å². The van der Waals surface area contributed by atoms with E-state index >= 15 is 0 Å². The van der Waals surface area contributed by atoms with Crippen molar-refractivity contribution in [2.75, 3.05) is 12.3 Å². The van der Waals surface area contributed by atoms with Crippen LogP contribution >= 0.6 is 27.7 Å². The fraction of sp³-hybridized carbons (Fsp3) is 0.800. The first-order valence-corrected chi connectivity index (χ1v) is 5.03. The van der Waals surface area contributed by atoms with Gasteiger partial charge >= 0.3 is 4.70 Å². The molecular formula is C5H6BrFN2O2S. The maximum absolute atomic E-state index is 13.2. The fourth-order valence-corrected chi connectivity index (χ4v) is 2.09. The highest BCUT2D eigenvalue weighted by atomic mass is 79.9. The topological polar surface area (TPSA) is 55.5 Å².